The molecule has 2 N–H and O–H groups in total. The third-order valence-electron chi connectivity index (χ3n) is 5.09. The molecule has 0 saturated heterocycles. The summed E-state index contributed by atoms with van der Waals surface area (Å²) in [4.78, 5) is 24.2. The Bertz CT molecular complexity index is 1260. The van der Waals surface area contributed by atoms with Crippen LogP contribution in [0.1, 0.15) is 68.0 Å². The molecule has 234 valence electrons. The van der Waals surface area contributed by atoms with Crippen LogP contribution in [0.4, 0.5) is 0 Å². The molecular formula is C29H45N11O2S. The molecule has 0 aliphatic carbocycles. The highest BCUT2D eigenvalue weighted by Crippen LogP contribution is 2.07. The normalized spacial score (nSPS) is 9.51. The van der Waals surface area contributed by atoms with Crippen LogP contribution >= 0.6 is 11.3 Å². The molecule has 43 heavy (non-hydrogen) atoms. The number of hydrogen-bond donors (Lipinski definition) is 2. The second-order valence-electron chi connectivity index (χ2n) is 9.45. The van der Waals surface area contributed by atoms with E-state index in [1.807, 2.05) is 88.0 Å². The molecule has 6 heterocycles. The van der Waals surface area contributed by atoms with Crippen LogP contribution in [0.2, 0.25) is 0 Å². The van der Waals surface area contributed by atoms with E-state index in [-0.39, 0.29) is 0 Å². The number of oxazole rings is 1. The average molecular weight is 612 g/mol. The number of thiazole rings is 1. The van der Waals surface area contributed by atoms with Crippen molar-refractivity contribution in [3.8, 4) is 0 Å². The molecule has 14 heteroatoms. The smallest absolute Gasteiger partial charge is 0.213 e. The first-order valence-electron chi connectivity index (χ1n) is 13.5. The maximum absolute atomic E-state index is 4.97. The number of aromatic amines is 2. The Morgan fingerprint density at radius 2 is 1.33 bits per heavy atom. The summed E-state index contributed by atoms with van der Waals surface area (Å²) in [5.74, 6) is 6.58. The van der Waals surface area contributed by atoms with Gasteiger partial charge in [0.25, 0.3) is 0 Å². The summed E-state index contributed by atoms with van der Waals surface area (Å²) in [5, 5.41) is 14.8. The summed E-state index contributed by atoms with van der Waals surface area (Å²) in [7, 11) is 2.01. The van der Waals surface area contributed by atoms with E-state index in [0.717, 1.165) is 45.7 Å². The van der Waals surface area contributed by atoms with Crippen molar-refractivity contribution in [1.82, 2.24) is 54.9 Å². The summed E-state index contributed by atoms with van der Waals surface area (Å²) in [6, 6.07) is 0. The van der Waals surface area contributed by atoms with Crippen molar-refractivity contribution >= 4 is 11.3 Å². The molecule has 0 saturated carbocycles. The molecule has 0 unspecified atom stereocenters. The van der Waals surface area contributed by atoms with E-state index in [4.69, 9.17) is 8.83 Å². The Labute approximate surface area is 257 Å². The maximum atomic E-state index is 4.97. The number of aryl methyl sites for hydroxylation is 12. The topological polar surface area (TPSA) is 166 Å². The minimum absolute atomic E-state index is 0.623. The van der Waals surface area contributed by atoms with Gasteiger partial charge in [0.05, 0.1) is 11.2 Å². The van der Waals surface area contributed by atoms with Crippen molar-refractivity contribution in [2.24, 2.45) is 7.05 Å². The zero-order valence-corrected chi connectivity index (χ0v) is 28.4. The van der Waals surface area contributed by atoms with E-state index in [9.17, 15) is 0 Å². The minimum Gasteiger partial charge on any atom is -0.446 e. The van der Waals surface area contributed by atoms with Gasteiger partial charge in [-0.3, -0.25) is 5.10 Å². The first-order valence-corrected chi connectivity index (χ1v) is 14.3. The van der Waals surface area contributed by atoms with Crippen LogP contribution in [0.15, 0.2) is 33.6 Å². The van der Waals surface area contributed by atoms with Gasteiger partial charge in [-0.25, -0.2) is 24.9 Å². The number of nitrogens with zero attached hydrogens (tertiary/aromatic N) is 9. The number of H-pyrrole nitrogens is 2. The van der Waals surface area contributed by atoms with Gasteiger partial charge in [-0.15, -0.1) is 21.5 Å². The summed E-state index contributed by atoms with van der Waals surface area (Å²) in [6.07, 6.45) is 7.28. The van der Waals surface area contributed by atoms with Crippen LogP contribution in [-0.2, 0) is 7.05 Å². The quantitative estimate of drug-likeness (QED) is 0.201. The fourth-order valence-electron chi connectivity index (χ4n) is 2.94. The Balaban J connectivity index is 0.000000258. The van der Waals surface area contributed by atoms with Crippen LogP contribution in [0.3, 0.4) is 0 Å². The Morgan fingerprint density at radius 3 is 1.47 bits per heavy atom. The van der Waals surface area contributed by atoms with Gasteiger partial charge in [-0.05, 0) is 62.3 Å². The first-order chi connectivity index (χ1) is 20.2. The van der Waals surface area contributed by atoms with E-state index >= 15 is 0 Å². The standard InChI is InChI=1S/C6H10N2.C5H8N2.C5H7NO.C5H7NS.C4H7N3.C4H6N2O/c1-5-4-7-6(2)8(5)3;3*1-4-3-6-5(2)7-4;1-3-5-4(2)7-6-3;1-3-5-6-4(2)7-3/h4H,1-3H3;3H,1-2H3,(H,6,7);2*3H,1-2H3;1-2H3,(H,5,6,7);1-2H3. The van der Waals surface area contributed by atoms with E-state index in [1.54, 1.807) is 31.4 Å². The van der Waals surface area contributed by atoms with E-state index in [1.165, 1.54) is 10.6 Å². The first kappa shape index (κ1) is 36.6. The van der Waals surface area contributed by atoms with Crippen LogP contribution < -0.4 is 0 Å². The Morgan fingerprint density at radius 1 is 0.674 bits per heavy atom. The SMILES string of the molecule is Cc1cnc(C)[nH]1.Cc1cnc(C)n1C.Cc1cnc(C)o1.Cc1cnc(C)s1.Cc1n[nH]c(C)n1.Cc1nnc(C)o1. The molecule has 0 amide bonds. The molecule has 0 aliphatic heterocycles. The van der Waals surface area contributed by atoms with Crippen molar-refractivity contribution in [3.05, 3.63) is 92.8 Å². The molecule has 0 radical (unpaired) electrons. The van der Waals surface area contributed by atoms with Gasteiger partial charge in [0, 0.05) is 62.7 Å². The number of imidazole rings is 2. The van der Waals surface area contributed by atoms with E-state index in [0.29, 0.717) is 11.8 Å². The number of nitrogens with one attached hydrogen (secondary N) is 2. The molecule has 6 rings (SSSR count). The lowest BCUT2D eigenvalue weighted by Gasteiger charge is -1.93. The van der Waals surface area contributed by atoms with Gasteiger partial charge in [-0.1, -0.05) is 0 Å². The van der Waals surface area contributed by atoms with Gasteiger partial charge in [0.2, 0.25) is 11.8 Å². The number of hydrogen-bond acceptors (Lipinski definition) is 11. The van der Waals surface area contributed by atoms with Crippen LogP contribution in [0, 0.1) is 83.1 Å². The third kappa shape index (κ3) is 16.5. The fraction of sp³-hybridized carbons (Fsp3) is 0.448. The molecule has 6 aromatic rings. The lowest BCUT2D eigenvalue weighted by atomic mass is 10.5. The van der Waals surface area contributed by atoms with Gasteiger partial charge in [-0.2, -0.15) is 5.10 Å². The highest BCUT2D eigenvalue weighted by molar-refractivity contribution is 7.11. The molecule has 0 bridgehead atoms. The summed E-state index contributed by atoms with van der Waals surface area (Å²) in [5.41, 5.74) is 2.33. The maximum Gasteiger partial charge on any atom is 0.213 e. The largest absolute Gasteiger partial charge is 0.446 e. The molecular weight excluding hydrogens is 566 g/mol. The van der Waals surface area contributed by atoms with Crippen LogP contribution in [0.25, 0.3) is 0 Å². The zero-order chi connectivity index (χ0) is 32.5. The predicted octanol–water partition coefficient (Wildman–Crippen LogP) is 6.22. The molecule has 0 atom stereocenters. The lowest BCUT2D eigenvalue weighted by Crippen LogP contribution is -1.92. The Hall–Kier alpha value is -4.46. The number of aromatic nitrogens is 11. The predicted molar refractivity (Wildman–Crippen MR) is 168 cm³/mol. The zero-order valence-electron chi connectivity index (χ0n) is 27.6. The van der Waals surface area contributed by atoms with Gasteiger partial charge in [0.15, 0.2) is 5.89 Å². The lowest BCUT2D eigenvalue weighted by molar-refractivity contribution is 0.489. The van der Waals surface area contributed by atoms with E-state index in [2.05, 4.69) is 61.8 Å². The summed E-state index contributed by atoms with van der Waals surface area (Å²) < 4.78 is 11.9. The van der Waals surface area contributed by atoms with Crippen molar-refractivity contribution in [2.45, 2.75) is 83.1 Å². The van der Waals surface area contributed by atoms with Crippen molar-refractivity contribution in [1.29, 1.82) is 0 Å². The van der Waals surface area contributed by atoms with Gasteiger partial charge in [0.1, 0.15) is 29.1 Å². The van der Waals surface area contributed by atoms with E-state index < -0.39 is 0 Å². The van der Waals surface area contributed by atoms with Crippen molar-refractivity contribution < 1.29 is 8.83 Å². The molecule has 0 aliphatic rings. The highest BCUT2D eigenvalue weighted by Gasteiger charge is 1.93. The summed E-state index contributed by atoms with van der Waals surface area (Å²) >= 11 is 1.73. The minimum atomic E-state index is 0.623. The second-order valence-corrected chi connectivity index (χ2v) is 10.9. The van der Waals surface area contributed by atoms with Gasteiger partial charge < -0.3 is 18.4 Å². The molecule has 0 fully saturated rings. The molecule has 6 aromatic heterocycles. The number of rotatable bonds is 0. The summed E-state index contributed by atoms with van der Waals surface area (Å²) in [6.45, 7) is 23.0. The molecule has 13 nitrogen and oxygen atoms in total. The average Bonchev–Trinajstić information content (AvgIpc) is 3.80. The fourth-order valence-corrected chi connectivity index (χ4v) is 3.62. The molecule has 0 spiro atoms. The van der Waals surface area contributed by atoms with Crippen molar-refractivity contribution in [3.63, 3.8) is 0 Å². The monoisotopic (exact) mass is 611 g/mol. The Kier molecular flexibility index (Phi) is 16.0. The van der Waals surface area contributed by atoms with Gasteiger partial charge >= 0.3 is 0 Å². The van der Waals surface area contributed by atoms with Crippen molar-refractivity contribution in [2.75, 3.05) is 0 Å². The third-order valence-corrected chi connectivity index (χ3v) is 5.92. The van der Waals surface area contributed by atoms with Crippen LogP contribution in [-0.4, -0.2) is 54.9 Å². The second kappa shape index (κ2) is 18.9. The van der Waals surface area contributed by atoms with Crippen LogP contribution in [0.5, 0.6) is 0 Å². The molecule has 0 aromatic carbocycles. The highest BCUT2D eigenvalue weighted by atomic mass is 32.1.